The summed E-state index contributed by atoms with van der Waals surface area (Å²) < 4.78 is 11.4. The first-order valence-electron chi connectivity index (χ1n) is 7.57. The summed E-state index contributed by atoms with van der Waals surface area (Å²) in [5, 5.41) is 9.50. The second kappa shape index (κ2) is 5.90. The van der Waals surface area contributed by atoms with E-state index in [9.17, 15) is 9.90 Å². The Morgan fingerprint density at radius 1 is 1.40 bits per heavy atom. The number of rotatable bonds is 3. The van der Waals surface area contributed by atoms with Gasteiger partial charge in [-0.25, -0.2) is 4.79 Å². The van der Waals surface area contributed by atoms with E-state index in [2.05, 4.69) is 20.8 Å². The van der Waals surface area contributed by atoms with Gasteiger partial charge in [0.15, 0.2) is 0 Å². The molecular weight excluding hydrogens is 258 g/mol. The van der Waals surface area contributed by atoms with Crippen molar-refractivity contribution in [3.05, 3.63) is 0 Å². The summed E-state index contributed by atoms with van der Waals surface area (Å²) in [6.07, 6.45) is 3.00. The maximum Gasteiger partial charge on any atom is 0.407 e. The predicted octanol–water partition coefficient (Wildman–Crippen LogP) is 2.74. The monoisotopic (exact) mass is 285 g/mol. The second-order valence-electron chi connectivity index (χ2n) is 6.94. The van der Waals surface area contributed by atoms with Gasteiger partial charge in [-0.15, -0.1) is 0 Å². The molecule has 0 spiro atoms. The molecule has 0 aromatic heterocycles. The Morgan fingerprint density at radius 2 is 2.05 bits per heavy atom. The first-order chi connectivity index (χ1) is 9.37. The fourth-order valence-electron chi connectivity index (χ4n) is 3.40. The molecule has 2 aliphatic heterocycles. The van der Waals surface area contributed by atoms with Crippen molar-refractivity contribution in [2.24, 2.45) is 5.41 Å². The first-order valence-corrected chi connectivity index (χ1v) is 7.57. The van der Waals surface area contributed by atoms with Crippen LogP contribution in [0.4, 0.5) is 4.79 Å². The van der Waals surface area contributed by atoms with E-state index in [1.165, 1.54) is 0 Å². The lowest BCUT2D eigenvalue weighted by atomic mass is 9.72. The van der Waals surface area contributed by atoms with Gasteiger partial charge in [0.05, 0.1) is 18.2 Å². The van der Waals surface area contributed by atoms with Gasteiger partial charge < -0.3 is 14.6 Å². The summed E-state index contributed by atoms with van der Waals surface area (Å²) in [6.45, 7) is 8.94. The first kappa shape index (κ1) is 15.6. The normalized spacial score (nSPS) is 28.9. The van der Waals surface area contributed by atoms with Gasteiger partial charge in [0, 0.05) is 19.8 Å². The molecule has 1 amide bonds. The predicted molar refractivity (Wildman–Crippen MR) is 75.9 cm³/mol. The van der Waals surface area contributed by atoms with Crippen LogP contribution in [-0.2, 0) is 9.47 Å². The molecule has 2 fully saturated rings. The Labute approximate surface area is 121 Å². The molecule has 2 heterocycles. The number of ether oxygens (including phenoxy) is 2. The van der Waals surface area contributed by atoms with Crippen LogP contribution in [0.25, 0.3) is 0 Å². The summed E-state index contributed by atoms with van der Waals surface area (Å²) in [5.41, 5.74) is -0.538. The van der Waals surface area contributed by atoms with Crippen molar-refractivity contribution >= 4 is 6.09 Å². The average Bonchev–Trinajstić information content (AvgIpc) is 2.82. The van der Waals surface area contributed by atoms with E-state index in [1.807, 2.05) is 0 Å². The molecule has 2 rings (SSSR count). The van der Waals surface area contributed by atoms with Crippen LogP contribution < -0.4 is 0 Å². The third kappa shape index (κ3) is 2.93. The Hall–Kier alpha value is -0.810. The maximum atomic E-state index is 11.6. The Bertz CT molecular complexity index is 346. The van der Waals surface area contributed by atoms with Gasteiger partial charge in [0.2, 0.25) is 0 Å². The minimum atomic E-state index is -0.826. The molecule has 0 bridgehead atoms. The van der Waals surface area contributed by atoms with E-state index in [0.717, 1.165) is 38.9 Å². The van der Waals surface area contributed by atoms with Gasteiger partial charge in [-0.05, 0) is 31.1 Å². The summed E-state index contributed by atoms with van der Waals surface area (Å²) in [7, 11) is 0. The van der Waals surface area contributed by atoms with Crippen molar-refractivity contribution in [1.29, 1.82) is 0 Å². The minimum absolute atomic E-state index is 0.132. The maximum absolute atomic E-state index is 11.6. The van der Waals surface area contributed by atoms with Crippen molar-refractivity contribution in [1.82, 2.24) is 4.90 Å². The van der Waals surface area contributed by atoms with Crippen LogP contribution in [0.2, 0.25) is 0 Å². The highest BCUT2D eigenvalue weighted by atomic mass is 16.5. The Kier molecular flexibility index (Phi) is 4.59. The van der Waals surface area contributed by atoms with Crippen LogP contribution in [0.15, 0.2) is 0 Å². The highest BCUT2D eigenvalue weighted by Gasteiger charge is 2.52. The van der Waals surface area contributed by atoms with Gasteiger partial charge in [-0.3, -0.25) is 4.90 Å². The van der Waals surface area contributed by atoms with Crippen LogP contribution >= 0.6 is 0 Å². The van der Waals surface area contributed by atoms with Gasteiger partial charge in [-0.2, -0.15) is 0 Å². The molecule has 1 unspecified atom stereocenters. The van der Waals surface area contributed by atoms with Crippen molar-refractivity contribution < 1.29 is 19.4 Å². The number of carbonyl (C=O) groups is 1. The number of carboxylic acid groups (broad SMARTS) is 1. The van der Waals surface area contributed by atoms with Crippen LogP contribution in [0.5, 0.6) is 0 Å². The average molecular weight is 285 g/mol. The number of nitrogens with zero attached hydrogens (tertiary/aromatic N) is 1. The number of hydrogen-bond acceptors (Lipinski definition) is 3. The molecule has 0 aliphatic carbocycles. The van der Waals surface area contributed by atoms with Crippen molar-refractivity contribution in [3.63, 3.8) is 0 Å². The second-order valence-corrected chi connectivity index (χ2v) is 6.94. The molecule has 2 saturated heterocycles. The lowest BCUT2D eigenvalue weighted by Crippen LogP contribution is -2.58. The molecule has 1 N–H and O–H groups in total. The zero-order chi connectivity index (χ0) is 14.8. The molecule has 5 nitrogen and oxygen atoms in total. The lowest BCUT2D eigenvalue weighted by molar-refractivity contribution is -0.0917. The summed E-state index contributed by atoms with van der Waals surface area (Å²) in [6, 6.07) is 0. The molecule has 1 atom stereocenters. The highest BCUT2D eigenvalue weighted by Crippen LogP contribution is 2.44. The summed E-state index contributed by atoms with van der Waals surface area (Å²) in [4.78, 5) is 13.2. The lowest BCUT2D eigenvalue weighted by Gasteiger charge is -2.47. The van der Waals surface area contributed by atoms with Crippen molar-refractivity contribution in [2.75, 3.05) is 26.4 Å². The summed E-state index contributed by atoms with van der Waals surface area (Å²) in [5.74, 6) is 0. The zero-order valence-corrected chi connectivity index (χ0v) is 12.9. The quantitative estimate of drug-likeness (QED) is 0.866. The van der Waals surface area contributed by atoms with Crippen molar-refractivity contribution in [2.45, 2.75) is 58.1 Å². The molecule has 0 aromatic rings. The van der Waals surface area contributed by atoms with Gasteiger partial charge >= 0.3 is 6.09 Å². The van der Waals surface area contributed by atoms with Gasteiger partial charge in [0.25, 0.3) is 0 Å². The van der Waals surface area contributed by atoms with Crippen LogP contribution in [-0.4, -0.2) is 54.1 Å². The molecule has 5 heteroatoms. The van der Waals surface area contributed by atoms with Gasteiger partial charge in [0.1, 0.15) is 0 Å². The molecule has 116 valence electrons. The smallest absolute Gasteiger partial charge is 0.407 e. The van der Waals surface area contributed by atoms with E-state index in [-0.39, 0.29) is 11.5 Å². The molecule has 0 saturated carbocycles. The van der Waals surface area contributed by atoms with Crippen LogP contribution in [0.1, 0.15) is 46.5 Å². The summed E-state index contributed by atoms with van der Waals surface area (Å²) >= 11 is 0. The van der Waals surface area contributed by atoms with E-state index in [0.29, 0.717) is 13.2 Å². The largest absolute Gasteiger partial charge is 0.465 e. The fraction of sp³-hybridized carbons (Fsp3) is 0.933. The standard InChI is InChI=1S/C15H27NO4/c1-14(2,3)15(7-4-8-16(15)13(17)18)11-20-12-5-9-19-10-6-12/h12H,4-11H2,1-3H3,(H,17,18). The zero-order valence-electron chi connectivity index (χ0n) is 12.9. The van der Waals surface area contributed by atoms with Crippen LogP contribution in [0.3, 0.4) is 0 Å². The number of likely N-dealkylation sites (tertiary alicyclic amines) is 1. The molecule has 0 radical (unpaired) electrons. The van der Waals surface area contributed by atoms with Crippen molar-refractivity contribution in [3.8, 4) is 0 Å². The molecule has 0 aromatic carbocycles. The van der Waals surface area contributed by atoms with E-state index < -0.39 is 11.6 Å². The third-order valence-electron chi connectivity index (χ3n) is 4.84. The van der Waals surface area contributed by atoms with E-state index >= 15 is 0 Å². The Balaban J connectivity index is 2.09. The third-order valence-corrected chi connectivity index (χ3v) is 4.84. The molecule has 2 aliphatic rings. The van der Waals surface area contributed by atoms with E-state index in [4.69, 9.17) is 9.47 Å². The van der Waals surface area contributed by atoms with E-state index in [1.54, 1.807) is 4.90 Å². The number of hydrogen-bond donors (Lipinski definition) is 1. The molecule has 20 heavy (non-hydrogen) atoms. The SMILES string of the molecule is CC(C)(C)C1(COC2CCOCC2)CCCN1C(=O)O. The van der Waals surface area contributed by atoms with Crippen LogP contribution in [0, 0.1) is 5.41 Å². The van der Waals surface area contributed by atoms with Gasteiger partial charge in [-0.1, -0.05) is 20.8 Å². The number of amides is 1. The molecular formula is C15H27NO4. The fourth-order valence-corrected chi connectivity index (χ4v) is 3.40. The topological polar surface area (TPSA) is 59.0 Å². The Morgan fingerprint density at radius 3 is 2.60 bits per heavy atom. The highest BCUT2D eigenvalue weighted by molar-refractivity contribution is 5.67. The minimum Gasteiger partial charge on any atom is -0.465 e.